The van der Waals surface area contributed by atoms with E-state index in [9.17, 15) is 0 Å². The second-order valence-electron chi connectivity index (χ2n) is 4.26. The van der Waals surface area contributed by atoms with E-state index >= 15 is 0 Å². The minimum atomic E-state index is 0.398. The van der Waals surface area contributed by atoms with Gasteiger partial charge in [0.2, 0.25) is 0 Å². The Balaban J connectivity index is 2.13. The molecule has 0 amide bonds. The van der Waals surface area contributed by atoms with Gasteiger partial charge in [-0.05, 0) is 19.1 Å². The van der Waals surface area contributed by atoms with E-state index in [2.05, 4.69) is 10.1 Å². The molecular weight excluding hydrogens is 250 g/mol. The number of nitrogens with zero attached hydrogens (tertiary/aromatic N) is 3. The molecule has 0 aliphatic carbocycles. The first-order valence-electron chi connectivity index (χ1n) is 6.59. The lowest BCUT2D eigenvalue weighted by atomic mass is 10.2. The second kappa shape index (κ2) is 5.57. The summed E-state index contributed by atoms with van der Waals surface area (Å²) in [6.45, 7) is 2.47. The lowest BCUT2D eigenvalue weighted by Gasteiger charge is -2.04. The van der Waals surface area contributed by atoms with Gasteiger partial charge >= 0.3 is 6.01 Å². The molecule has 1 aromatic heterocycles. The van der Waals surface area contributed by atoms with Gasteiger partial charge in [0.15, 0.2) is 5.82 Å². The molecule has 0 saturated carbocycles. The van der Waals surface area contributed by atoms with Crippen molar-refractivity contribution in [2.24, 2.45) is 0 Å². The lowest BCUT2D eigenvalue weighted by Crippen LogP contribution is -1.99. The molecule has 1 heterocycles. The minimum Gasteiger partial charge on any atom is -0.463 e. The summed E-state index contributed by atoms with van der Waals surface area (Å²) in [4.78, 5) is 4.48. The van der Waals surface area contributed by atoms with E-state index in [0.29, 0.717) is 12.6 Å². The Morgan fingerprint density at radius 3 is 2.25 bits per heavy atom. The van der Waals surface area contributed by atoms with Crippen molar-refractivity contribution in [3.05, 3.63) is 60.7 Å². The maximum Gasteiger partial charge on any atom is 0.336 e. The third-order valence-corrected chi connectivity index (χ3v) is 2.89. The van der Waals surface area contributed by atoms with Gasteiger partial charge in [-0.15, -0.1) is 5.10 Å². The summed E-state index contributed by atoms with van der Waals surface area (Å²) in [6, 6.07) is 20.3. The van der Waals surface area contributed by atoms with Crippen LogP contribution in [0.5, 0.6) is 6.01 Å². The first kappa shape index (κ1) is 12.4. The molecule has 0 saturated heterocycles. The maximum atomic E-state index is 5.43. The zero-order chi connectivity index (χ0) is 13.8. The van der Waals surface area contributed by atoms with Crippen LogP contribution in [0.4, 0.5) is 0 Å². The number of ether oxygens (including phenoxy) is 1. The summed E-state index contributed by atoms with van der Waals surface area (Å²) in [6.07, 6.45) is 0. The molecule has 0 N–H and O–H groups in total. The molecule has 0 radical (unpaired) electrons. The van der Waals surface area contributed by atoms with E-state index in [1.54, 1.807) is 4.68 Å². The van der Waals surface area contributed by atoms with Crippen molar-refractivity contribution in [3.63, 3.8) is 0 Å². The lowest BCUT2D eigenvalue weighted by molar-refractivity contribution is 0.312. The molecule has 4 heteroatoms. The second-order valence-corrected chi connectivity index (χ2v) is 4.26. The van der Waals surface area contributed by atoms with Crippen LogP contribution in [0.15, 0.2) is 60.7 Å². The Morgan fingerprint density at radius 1 is 0.950 bits per heavy atom. The first-order valence-corrected chi connectivity index (χ1v) is 6.59. The van der Waals surface area contributed by atoms with E-state index in [4.69, 9.17) is 4.74 Å². The predicted octanol–water partition coefficient (Wildman–Crippen LogP) is 3.33. The summed E-state index contributed by atoms with van der Waals surface area (Å²) in [5.74, 6) is 0.778. The molecule has 0 spiro atoms. The van der Waals surface area contributed by atoms with Crippen molar-refractivity contribution in [2.75, 3.05) is 6.61 Å². The quantitative estimate of drug-likeness (QED) is 0.726. The molecule has 0 aliphatic rings. The predicted molar refractivity (Wildman–Crippen MR) is 78.0 cm³/mol. The van der Waals surface area contributed by atoms with Crippen LogP contribution in [-0.2, 0) is 0 Å². The third kappa shape index (κ3) is 2.40. The zero-order valence-corrected chi connectivity index (χ0v) is 11.2. The smallest absolute Gasteiger partial charge is 0.336 e. The molecule has 0 unspecified atom stereocenters. The largest absolute Gasteiger partial charge is 0.463 e. The van der Waals surface area contributed by atoms with Crippen LogP contribution < -0.4 is 4.74 Å². The van der Waals surface area contributed by atoms with E-state index < -0.39 is 0 Å². The number of rotatable bonds is 4. The van der Waals surface area contributed by atoms with Gasteiger partial charge in [0.25, 0.3) is 0 Å². The number of para-hydroxylation sites is 1. The molecule has 0 fully saturated rings. The maximum absolute atomic E-state index is 5.43. The number of hydrogen-bond donors (Lipinski definition) is 0. The van der Waals surface area contributed by atoms with Gasteiger partial charge in [0.05, 0.1) is 12.3 Å². The van der Waals surface area contributed by atoms with Crippen LogP contribution in [0.1, 0.15) is 6.92 Å². The number of hydrogen-bond acceptors (Lipinski definition) is 3. The van der Waals surface area contributed by atoms with E-state index in [0.717, 1.165) is 17.1 Å². The average Bonchev–Trinajstić information content (AvgIpc) is 2.93. The van der Waals surface area contributed by atoms with Gasteiger partial charge in [-0.1, -0.05) is 48.5 Å². The van der Waals surface area contributed by atoms with Crippen LogP contribution in [0.3, 0.4) is 0 Å². The van der Waals surface area contributed by atoms with E-state index in [-0.39, 0.29) is 0 Å². The molecule has 2 aromatic carbocycles. The summed E-state index contributed by atoms with van der Waals surface area (Å²) in [5, 5.41) is 4.43. The van der Waals surface area contributed by atoms with Crippen molar-refractivity contribution in [3.8, 4) is 23.1 Å². The highest BCUT2D eigenvalue weighted by Crippen LogP contribution is 2.23. The average molecular weight is 265 g/mol. The van der Waals surface area contributed by atoms with Crippen LogP contribution >= 0.6 is 0 Å². The van der Waals surface area contributed by atoms with Crippen molar-refractivity contribution < 1.29 is 4.74 Å². The fraction of sp³-hybridized carbons (Fsp3) is 0.125. The fourth-order valence-electron chi connectivity index (χ4n) is 2.01. The highest BCUT2D eigenvalue weighted by Gasteiger charge is 2.13. The highest BCUT2D eigenvalue weighted by atomic mass is 16.5. The molecule has 3 aromatic rings. The fourth-order valence-corrected chi connectivity index (χ4v) is 2.01. The summed E-state index contributed by atoms with van der Waals surface area (Å²) in [7, 11) is 0. The number of aromatic nitrogens is 3. The van der Waals surface area contributed by atoms with E-state index in [1.165, 1.54) is 0 Å². The summed E-state index contributed by atoms with van der Waals surface area (Å²) in [5.41, 5.74) is 1.97. The normalized spacial score (nSPS) is 10.4. The number of benzene rings is 2. The van der Waals surface area contributed by atoms with Gasteiger partial charge in [-0.25, -0.2) is 4.68 Å². The van der Waals surface area contributed by atoms with Crippen molar-refractivity contribution in [1.29, 1.82) is 0 Å². The van der Waals surface area contributed by atoms with Gasteiger partial charge in [0.1, 0.15) is 0 Å². The van der Waals surface area contributed by atoms with Gasteiger partial charge in [0, 0.05) is 5.56 Å². The Morgan fingerprint density at radius 2 is 1.60 bits per heavy atom. The molecule has 20 heavy (non-hydrogen) atoms. The Hall–Kier alpha value is -2.62. The molecule has 100 valence electrons. The van der Waals surface area contributed by atoms with Crippen molar-refractivity contribution in [2.45, 2.75) is 6.92 Å². The summed E-state index contributed by atoms with van der Waals surface area (Å²) >= 11 is 0. The van der Waals surface area contributed by atoms with Crippen LogP contribution in [0.2, 0.25) is 0 Å². The topological polar surface area (TPSA) is 39.9 Å². The Kier molecular flexibility index (Phi) is 3.46. The minimum absolute atomic E-state index is 0.398. The van der Waals surface area contributed by atoms with E-state index in [1.807, 2.05) is 67.6 Å². The molecule has 0 aliphatic heterocycles. The van der Waals surface area contributed by atoms with Crippen molar-refractivity contribution >= 4 is 0 Å². The van der Waals surface area contributed by atoms with Crippen LogP contribution in [0, 0.1) is 0 Å². The summed E-state index contributed by atoms with van der Waals surface area (Å²) < 4.78 is 7.23. The van der Waals surface area contributed by atoms with Gasteiger partial charge in [-0.2, -0.15) is 4.98 Å². The Labute approximate surface area is 117 Å². The monoisotopic (exact) mass is 265 g/mol. The van der Waals surface area contributed by atoms with Gasteiger partial charge in [-0.3, -0.25) is 0 Å². The van der Waals surface area contributed by atoms with Crippen LogP contribution in [0.25, 0.3) is 17.1 Å². The molecular formula is C16H15N3O. The SMILES string of the molecule is CCOc1nc(-c2ccccc2)n(-c2ccccc2)n1. The van der Waals surface area contributed by atoms with Crippen molar-refractivity contribution in [1.82, 2.24) is 14.8 Å². The molecule has 3 rings (SSSR count). The molecule has 4 nitrogen and oxygen atoms in total. The third-order valence-electron chi connectivity index (χ3n) is 2.89. The molecule has 0 bridgehead atoms. The standard InChI is InChI=1S/C16H15N3O/c1-2-20-16-17-15(13-9-5-3-6-10-13)19(18-16)14-11-7-4-8-12-14/h3-12H,2H2,1H3. The van der Waals surface area contributed by atoms with Gasteiger partial charge < -0.3 is 4.74 Å². The van der Waals surface area contributed by atoms with Crippen LogP contribution in [-0.4, -0.2) is 21.4 Å². The highest BCUT2D eigenvalue weighted by molar-refractivity contribution is 5.58. The molecule has 0 atom stereocenters. The Bertz CT molecular complexity index is 620. The first-order chi connectivity index (χ1) is 9.88. The zero-order valence-electron chi connectivity index (χ0n) is 11.2.